The number of ketones is 1. The SMILES string of the molecule is CC1(C)CC(=O)C2=C(Cc3ccccc3)C(=S)NC2C1. The monoisotopic (exact) mass is 285 g/mol. The largest absolute Gasteiger partial charge is 0.369 e. The third-order valence-electron chi connectivity index (χ3n) is 4.17. The zero-order valence-corrected chi connectivity index (χ0v) is 12.7. The van der Waals surface area contributed by atoms with Crippen LogP contribution in [0.5, 0.6) is 0 Å². The van der Waals surface area contributed by atoms with Crippen molar-refractivity contribution in [3.63, 3.8) is 0 Å². The van der Waals surface area contributed by atoms with Gasteiger partial charge in [0, 0.05) is 18.4 Å². The van der Waals surface area contributed by atoms with Crippen LogP contribution in [-0.4, -0.2) is 16.8 Å². The van der Waals surface area contributed by atoms with Crippen molar-refractivity contribution in [1.29, 1.82) is 0 Å². The van der Waals surface area contributed by atoms with E-state index in [0.717, 1.165) is 29.0 Å². The van der Waals surface area contributed by atoms with E-state index in [1.165, 1.54) is 5.56 Å². The van der Waals surface area contributed by atoms with Gasteiger partial charge < -0.3 is 5.32 Å². The van der Waals surface area contributed by atoms with Gasteiger partial charge in [-0.25, -0.2) is 0 Å². The van der Waals surface area contributed by atoms with E-state index in [9.17, 15) is 4.79 Å². The Bertz CT molecular complexity index is 601. The number of fused-ring (bicyclic) bond motifs is 1. The molecule has 3 heteroatoms. The van der Waals surface area contributed by atoms with E-state index in [4.69, 9.17) is 12.2 Å². The fourth-order valence-corrected chi connectivity index (χ4v) is 3.62. The first-order valence-electron chi connectivity index (χ1n) is 7.07. The predicted octanol–water partition coefficient (Wildman–Crippen LogP) is 3.21. The minimum absolute atomic E-state index is 0.0655. The predicted molar refractivity (Wildman–Crippen MR) is 84.7 cm³/mol. The van der Waals surface area contributed by atoms with Gasteiger partial charge in [0.25, 0.3) is 0 Å². The van der Waals surface area contributed by atoms with E-state index >= 15 is 0 Å². The summed E-state index contributed by atoms with van der Waals surface area (Å²) in [6.45, 7) is 4.31. The normalized spacial score (nSPS) is 24.6. The maximum Gasteiger partial charge on any atom is 0.161 e. The van der Waals surface area contributed by atoms with Crippen molar-refractivity contribution in [1.82, 2.24) is 5.32 Å². The molecule has 1 fully saturated rings. The van der Waals surface area contributed by atoms with E-state index in [1.807, 2.05) is 18.2 Å². The topological polar surface area (TPSA) is 29.1 Å². The number of Topliss-reactive ketones (excluding diaryl/α,β-unsaturated/α-hetero) is 1. The average molecular weight is 285 g/mol. The molecule has 1 aromatic rings. The standard InChI is InChI=1S/C17H19NOS/c1-17(2)9-13-15(14(19)10-17)12(16(20)18-13)8-11-6-4-3-5-7-11/h3-7,13H,8-10H2,1-2H3,(H,18,20). The molecule has 1 saturated carbocycles. The van der Waals surface area contributed by atoms with Crippen molar-refractivity contribution in [2.45, 2.75) is 39.2 Å². The maximum absolute atomic E-state index is 12.5. The lowest BCUT2D eigenvalue weighted by atomic mass is 9.72. The molecular formula is C17H19NOS. The molecule has 0 radical (unpaired) electrons. The molecule has 104 valence electrons. The molecule has 1 heterocycles. The van der Waals surface area contributed by atoms with Gasteiger partial charge in [-0.3, -0.25) is 4.79 Å². The zero-order valence-electron chi connectivity index (χ0n) is 11.9. The molecule has 1 aliphatic heterocycles. The van der Waals surface area contributed by atoms with E-state index in [1.54, 1.807) is 0 Å². The Morgan fingerprint density at radius 3 is 2.70 bits per heavy atom. The van der Waals surface area contributed by atoms with Crippen molar-refractivity contribution in [2.75, 3.05) is 0 Å². The summed E-state index contributed by atoms with van der Waals surface area (Å²) in [5.74, 6) is 0.268. The summed E-state index contributed by atoms with van der Waals surface area (Å²) in [4.78, 5) is 13.2. The molecular weight excluding hydrogens is 266 g/mol. The molecule has 20 heavy (non-hydrogen) atoms. The highest BCUT2D eigenvalue weighted by Gasteiger charge is 2.42. The highest BCUT2D eigenvalue weighted by Crippen LogP contribution is 2.40. The molecule has 1 aliphatic carbocycles. The second-order valence-electron chi connectivity index (χ2n) is 6.55. The third-order valence-corrected chi connectivity index (χ3v) is 4.54. The lowest BCUT2D eigenvalue weighted by Crippen LogP contribution is -2.39. The Morgan fingerprint density at radius 2 is 2.00 bits per heavy atom. The molecule has 0 spiro atoms. The lowest BCUT2D eigenvalue weighted by molar-refractivity contribution is -0.119. The van der Waals surface area contributed by atoms with E-state index in [-0.39, 0.29) is 17.2 Å². The van der Waals surface area contributed by atoms with E-state index < -0.39 is 0 Å². The minimum Gasteiger partial charge on any atom is -0.369 e. The summed E-state index contributed by atoms with van der Waals surface area (Å²) in [5.41, 5.74) is 3.25. The number of rotatable bonds is 2. The maximum atomic E-state index is 12.5. The lowest BCUT2D eigenvalue weighted by Gasteiger charge is -2.34. The van der Waals surface area contributed by atoms with Crippen LogP contribution in [0.25, 0.3) is 0 Å². The number of benzene rings is 1. The Hall–Kier alpha value is -1.48. The number of carbonyl (C=O) groups is 1. The van der Waals surface area contributed by atoms with Crippen LogP contribution in [0.15, 0.2) is 41.5 Å². The van der Waals surface area contributed by atoms with Gasteiger partial charge in [-0.1, -0.05) is 56.4 Å². The van der Waals surface area contributed by atoms with Crippen LogP contribution in [-0.2, 0) is 11.2 Å². The number of hydrogen-bond donors (Lipinski definition) is 1. The fraction of sp³-hybridized carbons (Fsp3) is 0.412. The molecule has 3 rings (SSSR count). The van der Waals surface area contributed by atoms with Gasteiger partial charge in [-0.2, -0.15) is 0 Å². The Balaban J connectivity index is 1.95. The second-order valence-corrected chi connectivity index (χ2v) is 6.96. The van der Waals surface area contributed by atoms with Gasteiger partial charge in [-0.05, 0) is 23.0 Å². The number of carbonyl (C=O) groups excluding carboxylic acids is 1. The molecule has 1 unspecified atom stereocenters. The Kier molecular flexibility index (Phi) is 3.25. The highest BCUT2D eigenvalue weighted by atomic mass is 32.1. The summed E-state index contributed by atoms with van der Waals surface area (Å²) in [5, 5.41) is 3.35. The Labute approximate surface area is 125 Å². The number of hydrogen-bond acceptors (Lipinski definition) is 2. The molecule has 2 aliphatic rings. The molecule has 2 nitrogen and oxygen atoms in total. The zero-order chi connectivity index (χ0) is 14.3. The quantitative estimate of drug-likeness (QED) is 0.846. The van der Waals surface area contributed by atoms with Gasteiger partial charge >= 0.3 is 0 Å². The molecule has 0 aromatic heterocycles. The summed E-state index contributed by atoms with van der Waals surface area (Å²) in [6.07, 6.45) is 2.36. The molecule has 0 bridgehead atoms. The first kappa shape index (κ1) is 13.5. The van der Waals surface area contributed by atoms with Crippen molar-refractivity contribution >= 4 is 23.0 Å². The first-order valence-corrected chi connectivity index (χ1v) is 7.48. The van der Waals surface area contributed by atoms with Gasteiger partial charge in [-0.15, -0.1) is 0 Å². The van der Waals surface area contributed by atoms with Crippen molar-refractivity contribution in [2.24, 2.45) is 5.41 Å². The summed E-state index contributed by atoms with van der Waals surface area (Å²) in [6, 6.07) is 10.3. The van der Waals surface area contributed by atoms with Crippen molar-refractivity contribution < 1.29 is 4.79 Å². The van der Waals surface area contributed by atoms with Gasteiger partial charge in [0.2, 0.25) is 0 Å². The van der Waals surface area contributed by atoms with E-state index in [2.05, 4.69) is 31.3 Å². The summed E-state index contributed by atoms with van der Waals surface area (Å²) in [7, 11) is 0. The molecule has 0 amide bonds. The smallest absolute Gasteiger partial charge is 0.161 e. The number of thiocarbonyl (C=S) groups is 1. The minimum atomic E-state index is 0.0655. The summed E-state index contributed by atoms with van der Waals surface area (Å²) >= 11 is 5.46. The fourth-order valence-electron chi connectivity index (χ4n) is 3.30. The molecule has 0 saturated heterocycles. The van der Waals surface area contributed by atoms with Crippen LogP contribution < -0.4 is 5.32 Å². The van der Waals surface area contributed by atoms with Crippen LogP contribution in [0.4, 0.5) is 0 Å². The van der Waals surface area contributed by atoms with Crippen LogP contribution >= 0.6 is 12.2 Å². The van der Waals surface area contributed by atoms with Gasteiger partial charge in [0.15, 0.2) is 5.78 Å². The first-order chi connectivity index (χ1) is 9.46. The molecule has 1 aromatic carbocycles. The van der Waals surface area contributed by atoms with Crippen molar-refractivity contribution in [3.8, 4) is 0 Å². The average Bonchev–Trinajstić information content (AvgIpc) is 2.65. The summed E-state index contributed by atoms with van der Waals surface area (Å²) < 4.78 is 0. The van der Waals surface area contributed by atoms with Gasteiger partial charge in [0.05, 0.1) is 6.04 Å². The third kappa shape index (κ3) is 2.42. The van der Waals surface area contributed by atoms with Crippen LogP contribution in [0.2, 0.25) is 0 Å². The number of nitrogens with one attached hydrogen (secondary N) is 1. The van der Waals surface area contributed by atoms with Gasteiger partial charge in [0.1, 0.15) is 4.99 Å². The highest BCUT2D eigenvalue weighted by molar-refractivity contribution is 7.80. The van der Waals surface area contributed by atoms with E-state index in [0.29, 0.717) is 6.42 Å². The Morgan fingerprint density at radius 1 is 1.30 bits per heavy atom. The second kappa shape index (κ2) is 4.81. The van der Waals surface area contributed by atoms with Crippen molar-refractivity contribution in [3.05, 3.63) is 47.0 Å². The van der Waals surface area contributed by atoms with Crippen LogP contribution in [0.1, 0.15) is 32.3 Å². The van der Waals surface area contributed by atoms with Crippen LogP contribution in [0.3, 0.4) is 0 Å². The molecule has 1 atom stereocenters. The van der Waals surface area contributed by atoms with Crippen LogP contribution in [0, 0.1) is 5.41 Å². The molecule has 1 N–H and O–H groups in total.